The molecular formula is C22H25ClN2O4. The van der Waals surface area contributed by atoms with Crippen LogP contribution in [0, 0.1) is 5.92 Å². The summed E-state index contributed by atoms with van der Waals surface area (Å²) in [5.41, 5.74) is 0.557. The maximum atomic E-state index is 12.6. The number of anilines is 1. The number of hydrogen-bond donors (Lipinski definition) is 1. The minimum atomic E-state index is -0.150. The van der Waals surface area contributed by atoms with Crippen LogP contribution in [0.25, 0.3) is 0 Å². The molecule has 1 heterocycles. The number of benzene rings is 2. The number of rotatable bonds is 7. The fraction of sp³-hybridized carbons (Fsp3) is 0.364. The van der Waals surface area contributed by atoms with Gasteiger partial charge in [0.05, 0.1) is 25.8 Å². The number of amides is 2. The highest BCUT2D eigenvalue weighted by Crippen LogP contribution is 2.29. The highest BCUT2D eigenvalue weighted by molar-refractivity contribution is 6.31. The number of methoxy groups -OCH3 is 1. The number of nitrogens with zero attached hydrogens (tertiary/aromatic N) is 1. The molecule has 2 aromatic rings. The Balaban J connectivity index is 1.44. The topological polar surface area (TPSA) is 67.9 Å². The summed E-state index contributed by atoms with van der Waals surface area (Å²) in [6, 6.07) is 14.5. The quantitative estimate of drug-likeness (QED) is 0.740. The van der Waals surface area contributed by atoms with Crippen molar-refractivity contribution in [2.75, 3.05) is 32.1 Å². The molecule has 2 aromatic carbocycles. The number of para-hydroxylation sites is 1. The Morgan fingerprint density at radius 1 is 1.14 bits per heavy atom. The zero-order valence-corrected chi connectivity index (χ0v) is 17.2. The van der Waals surface area contributed by atoms with Crippen molar-refractivity contribution in [1.82, 2.24) is 4.90 Å². The van der Waals surface area contributed by atoms with Gasteiger partial charge in [-0.15, -0.1) is 0 Å². The third-order valence-electron chi connectivity index (χ3n) is 4.97. The first-order chi connectivity index (χ1) is 14.1. The third-order valence-corrected chi connectivity index (χ3v) is 5.20. The predicted octanol–water partition coefficient (Wildman–Crippen LogP) is 3.99. The van der Waals surface area contributed by atoms with Crippen molar-refractivity contribution < 1.29 is 19.1 Å². The van der Waals surface area contributed by atoms with Crippen LogP contribution in [0.3, 0.4) is 0 Å². The molecular weight excluding hydrogens is 392 g/mol. The summed E-state index contributed by atoms with van der Waals surface area (Å²) < 4.78 is 10.9. The van der Waals surface area contributed by atoms with Crippen LogP contribution in [0.1, 0.15) is 19.3 Å². The number of piperidine rings is 1. The number of ether oxygens (including phenoxy) is 2. The molecule has 3 rings (SSSR count). The van der Waals surface area contributed by atoms with E-state index in [-0.39, 0.29) is 17.7 Å². The normalized spacial score (nSPS) is 14.3. The smallest absolute Gasteiger partial charge is 0.227 e. The molecule has 0 radical (unpaired) electrons. The minimum Gasteiger partial charge on any atom is -0.495 e. The molecule has 0 bridgehead atoms. The lowest BCUT2D eigenvalue weighted by Crippen LogP contribution is -2.41. The fourth-order valence-corrected chi connectivity index (χ4v) is 3.51. The van der Waals surface area contributed by atoms with Crippen molar-refractivity contribution in [2.45, 2.75) is 19.3 Å². The van der Waals surface area contributed by atoms with E-state index < -0.39 is 0 Å². The molecule has 0 aliphatic carbocycles. The zero-order valence-electron chi connectivity index (χ0n) is 16.4. The lowest BCUT2D eigenvalue weighted by atomic mass is 9.95. The van der Waals surface area contributed by atoms with Gasteiger partial charge in [0.25, 0.3) is 0 Å². The van der Waals surface area contributed by atoms with Gasteiger partial charge in [0.2, 0.25) is 11.8 Å². The van der Waals surface area contributed by atoms with Crippen LogP contribution in [-0.4, -0.2) is 43.5 Å². The lowest BCUT2D eigenvalue weighted by molar-refractivity contribution is -0.135. The summed E-state index contributed by atoms with van der Waals surface area (Å²) in [5.74, 6) is 1.14. The van der Waals surface area contributed by atoms with Gasteiger partial charge in [-0.2, -0.15) is 0 Å². The summed E-state index contributed by atoms with van der Waals surface area (Å²) in [5, 5.41) is 3.42. The first-order valence-electron chi connectivity index (χ1n) is 9.67. The fourth-order valence-electron chi connectivity index (χ4n) is 3.33. The van der Waals surface area contributed by atoms with Crippen molar-refractivity contribution in [3.63, 3.8) is 0 Å². The van der Waals surface area contributed by atoms with Gasteiger partial charge in [-0.05, 0) is 43.2 Å². The molecule has 154 valence electrons. The van der Waals surface area contributed by atoms with E-state index in [1.54, 1.807) is 30.2 Å². The molecule has 6 nitrogen and oxygen atoms in total. The van der Waals surface area contributed by atoms with E-state index in [1.807, 2.05) is 30.3 Å². The molecule has 1 fully saturated rings. The summed E-state index contributed by atoms with van der Waals surface area (Å²) in [7, 11) is 1.55. The Bertz CT molecular complexity index is 836. The monoisotopic (exact) mass is 416 g/mol. The van der Waals surface area contributed by atoms with E-state index in [0.717, 1.165) is 5.75 Å². The number of carbonyl (C=O) groups is 2. The molecule has 29 heavy (non-hydrogen) atoms. The van der Waals surface area contributed by atoms with E-state index in [1.165, 1.54) is 0 Å². The van der Waals surface area contributed by atoms with Crippen molar-refractivity contribution in [3.05, 3.63) is 53.6 Å². The number of nitrogens with one attached hydrogen (secondary N) is 1. The van der Waals surface area contributed by atoms with Gasteiger partial charge in [0, 0.05) is 24.0 Å². The van der Waals surface area contributed by atoms with Crippen LogP contribution < -0.4 is 14.8 Å². The lowest BCUT2D eigenvalue weighted by Gasteiger charge is -2.31. The van der Waals surface area contributed by atoms with Crippen LogP contribution in [0.4, 0.5) is 5.69 Å². The summed E-state index contributed by atoms with van der Waals surface area (Å²) in [4.78, 5) is 26.8. The number of halogens is 1. The maximum Gasteiger partial charge on any atom is 0.227 e. The van der Waals surface area contributed by atoms with Gasteiger partial charge < -0.3 is 19.7 Å². The van der Waals surface area contributed by atoms with Crippen molar-refractivity contribution in [2.24, 2.45) is 5.92 Å². The molecule has 1 aliphatic heterocycles. The molecule has 1 aliphatic rings. The molecule has 0 spiro atoms. The number of carbonyl (C=O) groups excluding carboxylic acids is 2. The predicted molar refractivity (Wildman–Crippen MR) is 112 cm³/mol. The Morgan fingerprint density at radius 2 is 1.86 bits per heavy atom. The standard InChI is InChI=1S/C22H25ClN2O4/c1-28-20-8-7-17(23)15-19(20)24-22(27)16-9-12-25(13-10-16)21(26)11-14-29-18-5-3-2-4-6-18/h2-8,15-16H,9-14H2,1H3,(H,24,27). The van der Waals surface area contributed by atoms with Gasteiger partial charge in [0.1, 0.15) is 11.5 Å². The van der Waals surface area contributed by atoms with Crippen LogP contribution in [0.2, 0.25) is 5.02 Å². The first-order valence-corrected chi connectivity index (χ1v) is 10.0. The van der Waals surface area contributed by atoms with Crippen LogP contribution in [0.15, 0.2) is 48.5 Å². The molecule has 0 unspecified atom stereocenters. The van der Waals surface area contributed by atoms with Crippen LogP contribution in [0.5, 0.6) is 11.5 Å². The number of hydrogen-bond acceptors (Lipinski definition) is 4. The Labute approximate surface area is 175 Å². The van der Waals surface area contributed by atoms with E-state index in [0.29, 0.717) is 55.4 Å². The average Bonchev–Trinajstić information content (AvgIpc) is 2.74. The molecule has 0 aromatic heterocycles. The van der Waals surface area contributed by atoms with Gasteiger partial charge in [0.15, 0.2) is 0 Å². The average molecular weight is 417 g/mol. The SMILES string of the molecule is COc1ccc(Cl)cc1NC(=O)C1CCN(C(=O)CCOc2ccccc2)CC1. The molecule has 1 N–H and O–H groups in total. The van der Waals surface area contributed by atoms with Gasteiger partial charge in [-0.3, -0.25) is 9.59 Å². The Morgan fingerprint density at radius 3 is 2.55 bits per heavy atom. The molecule has 7 heteroatoms. The van der Waals surface area contributed by atoms with Gasteiger partial charge in [-0.1, -0.05) is 29.8 Å². The largest absolute Gasteiger partial charge is 0.495 e. The van der Waals surface area contributed by atoms with Gasteiger partial charge >= 0.3 is 0 Å². The third kappa shape index (κ3) is 5.87. The van der Waals surface area contributed by atoms with E-state index >= 15 is 0 Å². The summed E-state index contributed by atoms with van der Waals surface area (Å²) in [6.07, 6.45) is 1.57. The second kappa shape index (κ2) is 10.2. The van der Waals surface area contributed by atoms with E-state index in [2.05, 4.69) is 5.32 Å². The van der Waals surface area contributed by atoms with Crippen molar-refractivity contribution in [1.29, 1.82) is 0 Å². The Hall–Kier alpha value is -2.73. The van der Waals surface area contributed by atoms with Crippen LogP contribution >= 0.6 is 11.6 Å². The first kappa shape index (κ1) is 21.0. The highest BCUT2D eigenvalue weighted by atomic mass is 35.5. The summed E-state index contributed by atoms with van der Waals surface area (Å²) >= 11 is 6.02. The molecule has 2 amide bonds. The van der Waals surface area contributed by atoms with Gasteiger partial charge in [-0.25, -0.2) is 0 Å². The molecule has 0 saturated carbocycles. The second-order valence-electron chi connectivity index (χ2n) is 6.90. The van der Waals surface area contributed by atoms with Crippen molar-refractivity contribution in [3.8, 4) is 11.5 Å². The molecule has 0 atom stereocenters. The minimum absolute atomic E-state index is 0.0521. The van der Waals surface area contributed by atoms with E-state index in [4.69, 9.17) is 21.1 Å². The van der Waals surface area contributed by atoms with E-state index in [9.17, 15) is 9.59 Å². The number of likely N-dealkylation sites (tertiary alicyclic amines) is 1. The summed E-state index contributed by atoms with van der Waals surface area (Å²) in [6.45, 7) is 1.47. The molecule has 1 saturated heterocycles. The second-order valence-corrected chi connectivity index (χ2v) is 7.34. The zero-order chi connectivity index (χ0) is 20.6. The van der Waals surface area contributed by atoms with Crippen molar-refractivity contribution >= 4 is 29.1 Å². The Kier molecular flexibility index (Phi) is 7.36. The highest BCUT2D eigenvalue weighted by Gasteiger charge is 2.27. The maximum absolute atomic E-state index is 12.6. The van der Waals surface area contributed by atoms with Crippen LogP contribution in [-0.2, 0) is 9.59 Å².